The molecule has 4 aliphatic heterocycles. The maximum atomic E-state index is 12.8. The second-order valence-electron chi connectivity index (χ2n) is 10.2. The first-order valence-corrected chi connectivity index (χ1v) is 13.2. The number of benzene rings is 1. The molecule has 4 amide bonds. The van der Waals surface area contributed by atoms with Crippen molar-refractivity contribution < 1.29 is 14.4 Å². The zero-order valence-corrected chi connectivity index (χ0v) is 20.6. The Hall–Kier alpha value is -2.65. The first kappa shape index (κ1) is 24.1. The topological polar surface area (TPSA) is 88.2 Å². The first-order valence-electron chi connectivity index (χ1n) is 13.2. The highest BCUT2D eigenvalue weighted by atomic mass is 16.2. The van der Waals surface area contributed by atoms with Crippen LogP contribution >= 0.6 is 0 Å². The number of nitrogens with one attached hydrogen (secondary N) is 2. The number of likely N-dealkylation sites (tertiary alicyclic amines) is 2. The third-order valence-corrected chi connectivity index (χ3v) is 8.16. The van der Waals surface area contributed by atoms with E-state index in [4.69, 9.17) is 0 Å². The molecule has 3 fully saturated rings. The molecule has 0 atom stereocenters. The van der Waals surface area contributed by atoms with Gasteiger partial charge in [-0.15, -0.1) is 0 Å². The van der Waals surface area contributed by atoms with Crippen LogP contribution in [0.15, 0.2) is 24.3 Å². The molecule has 0 spiro atoms. The fourth-order valence-electron chi connectivity index (χ4n) is 6.00. The molecule has 9 heteroatoms. The number of anilines is 1. The Morgan fingerprint density at radius 3 is 2.00 bits per heavy atom. The third-order valence-electron chi connectivity index (χ3n) is 8.16. The van der Waals surface area contributed by atoms with Gasteiger partial charge in [0.25, 0.3) is 0 Å². The fourth-order valence-corrected chi connectivity index (χ4v) is 6.00. The minimum atomic E-state index is -0.0557. The number of amides is 4. The van der Waals surface area contributed by atoms with Crippen molar-refractivity contribution in [2.24, 2.45) is 0 Å². The van der Waals surface area contributed by atoms with Gasteiger partial charge in [-0.3, -0.25) is 14.5 Å². The van der Waals surface area contributed by atoms with Crippen molar-refractivity contribution in [1.29, 1.82) is 0 Å². The number of carbonyl (C=O) groups excluding carboxylic acids is 3. The van der Waals surface area contributed by atoms with Crippen molar-refractivity contribution in [3.8, 4) is 0 Å². The van der Waals surface area contributed by atoms with Crippen LogP contribution in [0.5, 0.6) is 0 Å². The maximum Gasteiger partial charge on any atom is 0.322 e. The van der Waals surface area contributed by atoms with Crippen LogP contribution in [0.4, 0.5) is 10.5 Å². The molecule has 1 aromatic rings. The maximum absolute atomic E-state index is 12.8. The van der Waals surface area contributed by atoms with Gasteiger partial charge in [-0.2, -0.15) is 0 Å². The van der Waals surface area contributed by atoms with Crippen molar-refractivity contribution in [2.45, 2.75) is 57.2 Å². The summed E-state index contributed by atoms with van der Waals surface area (Å²) in [5.41, 5.74) is 2.01. The highest BCUT2D eigenvalue weighted by molar-refractivity contribution is 5.92. The van der Waals surface area contributed by atoms with Gasteiger partial charge in [0.1, 0.15) is 0 Å². The number of hydrogen-bond donors (Lipinski definition) is 2. The number of para-hydroxylation sites is 1. The largest absolute Gasteiger partial charge is 0.343 e. The Kier molecular flexibility index (Phi) is 7.53. The summed E-state index contributed by atoms with van der Waals surface area (Å²) >= 11 is 0. The van der Waals surface area contributed by atoms with Crippen molar-refractivity contribution in [2.75, 3.05) is 57.7 Å². The molecule has 2 N–H and O–H groups in total. The van der Waals surface area contributed by atoms with E-state index in [1.807, 2.05) is 39.0 Å². The molecule has 0 bridgehead atoms. The number of piperazine rings is 1. The van der Waals surface area contributed by atoms with Crippen LogP contribution in [0.3, 0.4) is 0 Å². The van der Waals surface area contributed by atoms with Crippen molar-refractivity contribution in [1.82, 2.24) is 24.9 Å². The van der Waals surface area contributed by atoms with Gasteiger partial charge < -0.3 is 25.3 Å². The number of hydrogen-bond acceptors (Lipinski definition) is 5. The van der Waals surface area contributed by atoms with E-state index in [9.17, 15) is 14.4 Å². The fraction of sp³-hybridized carbons (Fsp3) is 0.654. The number of piperidine rings is 2. The van der Waals surface area contributed by atoms with E-state index in [-0.39, 0.29) is 30.3 Å². The lowest BCUT2D eigenvalue weighted by atomic mass is 10.00. The monoisotopic (exact) mass is 482 g/mol. The van der Waals surface area contributed by atoms with E-state index in [1.165, 1.54) is 0 Å². The second-order valence-corrected chi connectivity index (χ2v) is 10.2. The number of urea groups is 1. The SMILES string of the molecule is O=C(CCC(=O)N1CCC(N2Cc3ccccc3NC2=O)CC1)N1CCC(N2CCNCC2)CC1. The predicted molar refractivity (Wildman–Crippen MR) is 134 cm³/mol. The van der Waals surface area contributed by atoms with Gasteiger partial charge in [0, 0.05) is 89.5 Å². The van der Waals surface area contributed by atoms with Gasteiger partial charge in [-0.1, -0.05) is 18.2 Å². The molecule has 4 heterocycles. The molecular weight excluding hydrogens is 444 g/mol. The molecule has 9 nitrogen and oxygen atoms in total. The first-order chi connectivity index (χ1) is 17.1. The second kappa shape index (κ2) is 11.0. The van der Waals surface area contributed by atoms with Gasteiger partial charge in [-0.05, 0) is 37.3 Å². The van der Waals surface area contributed by atoms with Crippen LogP contribution in [0.25, 0.3) is 0 Å². The average Bonchev–Trinajstić information content (AvgIpc) is 2.92. The highest BCUT2D eigenvalue weighted by Crippen LogP contribution is 2.28. The van der Waals surface area contributed by atoms with E-state index in [1.54, 1.807) is 0 Å². The van der Waals surface area contributed by atoms with Crippen molar-refractivity contribution >= 4 is 23.5 Å². The summed E-state index contributed by atoms with van der Waals surface area (Å²) in [4.78, 5) is 46.4. The van der Waals surface area contributed by atoms with Crippen LogP contribution in [0.1, 0.15) is 44.1 Å². The molecule has 0 radical (unpaired) electrons. The molecule has 35 heavy (non-hydrogen) atoms. The van der Waals surface area contributed by atoms with Crippen LogP contribution < -0.4 is 10.6 Å². The minimum Gasteiger partial charge on any atom is -0.343 e. The summed E-state index contributed by atoms with van der Waals surface area (Å²) in [6.45, 7) is 7.79. The van der Waals surface area contributed by atoms with Crippen molar-refractivity contribution in [3.05, 3.63) is 29.8 Å². The van der Waals surface area contributed by atoms with Gasteiger partial charge >= 0.3 is 6.03 Å². The quantitative estimate of drug-likeness (QED) is 0.667. The standard InChI is InChI=1S/C26H38N6O3/c33-24(30-13-7-21(8-14-30)29-17-11-27-12-18-29)5-6-25(34)31-15-9-22(10-16-31)32-19-20-3-1-2-4-23(20)28-26(32)35/h1-4,21-22,27H,5-19H2,(H,28,35). The van der Waals surface area contributed by atoms with E-state index < -0.39 is 0 Å². The molecule has 5 rings (SSSR count). The van der Waals surface area contributed by atoms with E-state index in [0.29, 0.717) is 32.1 Å². The lowest BCUT2D eigenvalue weighted by molar-refractivity contribution is -0.138. The van der Waals surface area contributed by atoms with Gasteiger partial charge in [0.2, 0.25) is 11.8 Å². The summed E-state index contributed by atoms with van der Waals surface area (Å²) in [7, 11) is 0. The number of rotatable bonds is 5. The third kappa shape index (κ3) is 5.62. The average molecular weight is 483 g/mol. The molecular formula is C26H38N6O3. The Balaban J connectivity index is 1.03. The molecule has 0 aromatic heterocycles. The van der Waals surface area contributed by atoms with Crippen LogP contribution in [0, 0.1) is 0 Å². The molecule has 1 aromatic carbocycles. The molecule has 3 saturated heterocycles. The lowest BCUT2D eigenvalue weighted by Gasteiger charge is -2.41. The van der Waals surface area contributed by atoms with Gasteiger partial charge in [0.05, 0.1) is 0 Å². The van der Waals surface area contributed by atoms with Crippen LogP contribution in [0.2, 0.25) is 0 Å². The van der Waals surface area contributed by atoms with E-state index >= 15 is 0 Å². The molecule has 190 valence electrons. The highest BCUT2D eigenvalue weighted by Gasteiger charge is 2.33. The Bertz CT molecular complexity index is 917. The summed E-state index contributed by atoms with van der Waals surface area (Å²) < 4.78 is 0. The van der Waals surface area contributed by atoms with Crippen LogP contribution in [-0.2, 0) is 16.1 Å². The number of fused-ring (bicyclic) bond motifs is 1. The Labute approximate surface area is 207 Å². The Morgan fingerprint density at radius 1 is 0.800 bits per heavy atom. The summed E-state index contributed by atoms with van der Waals surface area (Å²) in [5.74, 6) is 0.164. The smallest absolute Gasteiger partial charge is 0.322 e. The number of nitrogens with zero attached hydrogens (tertiary/aromatic N) is 4. The Morgan fingerprint density at radius 2 is 1.37 bits per heavy atom. The van der Waals surface area contributed by atoms with E-state index in [2.05, 4.69) is 15.5 Å². The lowest BCUT2D eigenvalue weighted by Crippen LogP contribution is -2.52. The zero-order valence-electron chi connectivity index (χ0n) is 20.6. The van der Waals surface area contributed by atoms with Crippen molar-refractivity contribution in [3.63, 3.8) is 0 Å². The summed E-state index contributed by atoms with van der Waals surface area (Å²) in [5, 5.41) is 6.38. The summed E-state index contributed by atoms with van der Waals surface area (Å²) in [6, 6.07) is 8.56. The molecule has 0 aliphatic carbocycles. The zero-order chi connectivity index (χ0) is 24.2. The van der Waals surface area contributed by atoms with Crippen LogP contribution in [-0.4, -0.2) is 102 Å². The van der Waals surface area contributed by atoms with Gasteiger partial charge in [-0.25, -0.2) is 4.79 Å². The van der Waals surface area contributed by atoms with Gasteiger partial charge in [0.15, 0.2) is 0 Å². The summed E-state index contributed by atoms with van der Waals surface area (Å²) in [6.07, 6.45) is 4.17. The number of carbonyl (C=O) groups is 3. The van der Waals surface area contributed by atoms with E-state index in [0.717, 1.165) is 76.2 Å². The minimum absolute atomic E-state index is 0.0557. The predicted octanol–water partition coefficient (Wildman–Crippen LogP) is 1.70. The molecule has 4 aliphatic rings. The molecule has 0 saturated carbocycles. The molecule has 0 unspecified atom stereocenters. The normalized spacial score (nSPS) is 22.6.